The molecule has 1 aromatic heterocycles. The summed E-state index contributed by atoms with van der Waals surface area (Å²) in [7, 11) is 1.62. The summed E-state index contributed by atoms with van der Waals surface area (Å²) in [5.74, 6) is -1.93. The molecule has 0 fully saturated rings. The molecule has 0 saturated carbocycles. The number of ether oxygens (including phenoxy) is 1. The van der Waals surface area contributed by atoms with E-state index in [9.17, 15) is 14.0 Å². The molecule has 0 aliphatic carbocycles. The molecule has 0 radical (unpaired) electrons. The lowest BCUT2D eigenvalue weighted by Gasteiger charge is -2.23. The van der Waals surface area contributed by atoms with Crippen molar-refractivity contribution in [3.63, 3.8) is 0 Å². The van der Waals surface area contributed by atoms with Crippen LogP contribution in [-0.2, 0) is 9.53 Å². The molecule has 0 aliphatic rings. The van der Waals surface area contributed by atoms with Crippen LogP contribution < -0.4 is 0 Å². The van der Waals surface area contributed by atoms with Crippen LogP contribution in [0.25, 0.3) is 10.2 Å². The number of thiazole rings is 1. The van der Waals surface area contributed by atoms with Crippen LogP contribution >= 0.6 is 11.3 Å². The van der Waals surface area contributed by atoms with Gasteiger partial charge >= 0.3 is 5.97 Å². The zero-order chi connectivity index (χ0) is 18.7. The van der Waals surface area contributed by atoms with Gasteiger partial charge in [0.15, 0.2) is 6.61 Å². The lowest BCUT2D eigenvalue weighted by molar-refractivity contribution is -0.135. The molecule has 0 N–H and O–H groups in total. The van der Waals surface area contributed by atoms with Crippen molar-refractivity contribution < 1.29 is 18.7 Å². The molecular weight excluding hydrogens is 355 g/mol. The SMILES string of the molecule is C[C@H](c1nc2ccccc2s1)N(C)C(=O)COC(=O)c1ccccc1F. The smallest absolute Gasteiger partial charge is 0.341 e. The summed E-state index contributed by atoms with van der Waals surface area (Å²) >= 11 is 1.51. The van der Waals surface area contributed by atoms with Crippen LogP contribution in [0.5, 0.6) is 0 Å². The highest BCUT2D eigenvalue weighted by Crippen LogP contribution is 2.28. The fourth-order valence-corrected chi connectivity index (χ4v) is 3.45. The van der Waals surface area contributed by atoms with Crippen LogP contribution in [0.2, 0.25) is 0 Å². The second kappa shape index (κ2) is 7.61. The van der Waals surface area contributed by atoms with Gasteiger partial charge in [-0.25, -0.2) is 14.2 Å². The monoisotopic (exact) mass is 372 g/mol. The van der Waals surface area contributed by atoms with E-state index in [0.29, 0.717) is 0 Å². The Morgan fingerprint density at radius 1 is 1.19 bits per heavy atom. The standard InChI is InChI=1S/C19H17FN2O3S/c1-12(18-21-15-9-5-6-10-16(15)26-18)22(2)17(23)11-25-19(24)13-7-3-4-8-14(13)20/h3-10,12H,11H2,1-2H3/t12-/m1/s1. The van der Waals surface area contributed by atoms with E-state index in [0.717, 1.165) is 15.2 Å². The number of likely N-dealkylation sites (N-methyl/N-ethyl adjacent to an activating group) is 1. The normalized spacial score (nSPS) is 12.0. The summed E-state index contributed by atoms with van der Waals surface area (Å²) in [5, 5.41) is 0.794. The summed E-state index contributed by atoms with van der Waals surface area (Å²) in [6.45, 7) is 1.40. The van der Waals surface area contributed by atoms with Crippen molar-refractivity contribution in [3.8, 4) is 0 Å². The number of carbonyl (C=O) groups is 2. The molecule has 3 rings (SSSR count). The van der Waals surface area contributed by atoms with Crippen molar-refractivity contribution >= 4 is 33.4 Å². The number of nitrogens with zero attached hydrogens (tertiary/aromatic N) is 2. The molecule has 1 heterocycles. The maximum atomic E-state index is 13.6. The highest BCUT2D eigenvalue weighted by atomic mass is 32.1. The molecule has 0 bridgehead atoms. The largest absolute Gasteiger partial charge is 0.452 e. The quantitative estimate of drug-likeness (QED) is 0.639. The fourth-order valence-electron chi connectivity index (χ4n) is 2.38. The molecular formula is C19H17FN2O3S. The van der Waals surface area contributed by atoms with Gasteiger partial charge in [0.25, 0.3) is 5.91 Å². The summed E-state index contributed by atoms with van der Waals surface area (Å²) < 4.78 is 19.6. The molecule has 3 aromatic rings. The molecule has 0 spiro atoms. The van der Waals surface area contributed by atoms with Crippen molar-refractivity contribution in [2.24, 2.45) is 0 Å². The van der Waals surface area contributed by atoms with Crippen LogP contribution in [0.15, 0.2) is 48.5 Å². The van der Waals surface area contributed by atoms with Crippen molar-refractivity contribution in [1.82, 2.24) is 9.88 Å². The zero-order valence-corrected chi connectivity index (χ0v) is 15.1. The van der Waals surface area contributed by atoms with Crippen LogP contribution in [0.4, 0.5) is 4.39 Å². The van der Waals surface area contributed by atoms with E-state index in [1.54, 1.807) is 7.05 Å². The second-order valence-electron chi connectivity index (χ2n) is 5.76. The van der Waals surface area contributed by atoms with Gasteiger partial charge in [0.1, 0.15) is 10.8 Å². The van der Waals surface area contributed by atoms with E-state index < -0.39 is 18.4 Å². The molecule has 0 saturated heterocycles. The van der Waals surface area contributed by atoms with Gasteiger partial charge < -0.3 is 9.64 Å². The maximum absolute atomic E-state index is 13.6. The van der Waals surface area contributed by atoms with Gasteiger partial charge in [-0.3, -0.25) is 4.79 Å². The number of rotatable bonds is 5. The first-order valence-corrected chi connectivity index (χ1v) is 8.82. The number of aromatic nitrogens is 1. The zero-order valence-electron chi connectivity index (χ0n) is 14.3. The highest BCUT2D eigenvalue weighted by molar-refractivity contribution is 7.18. The predicted molar refractivity (Wildman–Crippen MR) is 97.5 cm³/mol. The molecule has 0 aliphatic heterocycles. The number of hydrogen-bond donors (Lipinski definition) is 0. The Kier molecular flexibility index (Phi) is 5.27. The molecule has 134 valence electrons. The minimum Gasteiger partial charge on any atom is -0.452 e. The number of para-hydroxylation sites is 1. The van der Waals surface area contributed by atoms with Crippen LogP contribution in [-0.4, -0.2) is 35.4 Å². The van der Waals surface area contributed by atoms with E-state index in [4.69, 9.17) is 4.74 Å². The van der Waals surface area contributed by atoms with Gasteiger partial charge in [0.2, 0.25) is 0 Å². The van der Waals surface area contributed by atoms with E-state index in [1.165, 1.54) is 40.5 Å². The molecule has 7 heteroatoms. The van der Waals surface area contributed by atoms with Crippen LogP contribution in [0.1, 0.15) is 28.3 Å². The van der Waals surface area contributed by atoms with Crippen molar-refractivity contribution in [3.05, 3.63) is 64.9 Å². The minimum absolute atomic E-state index is 0.192. The molecule has 5 nitrogen and oxygen atoms in total. The van der Waals surface area contributed by atoms with Crippen molar-refractivity contribution in [2.45, 2.75) is 13.0 Å². The van der Waals surface area contributed by atoms with Gasteiger partial charge in [-0.1, -0.05) is 24.3 Å². The number of carbonyl (C=O) groups excluding carboxylic acids is 2. The number of halogens is 1. The second-order valence-corrected chi connectivity index (χ2v) is 6.82. The predicted octanol–water partition coefficient (Wildman–Crippen LogP) is 3.81. The van der Waals surface area contributed by atoms with E-state index in [-0.39, 0.29) is 17.5 Å². The minimum atomic E-state index is -0.863. The van der Waals surface area contributed by atoms with Gasteiger partial charge in [-0.2, -0.15) is 0 Å². The maximum Gasteiger partial charge on any atom is 0.341 e. The Bertz CT molecular complexity index is 924. The van der Waals surface area contributed by atoms with Gasteiger partial charge in [-0.05, 0) is 31.2 Å². The Morgan fingerprint density at radius 3 is 2.62 bits per heavy atom. The Hall–Kier alpha value is -2.80. The number of hydrogen-bond acceptors (Lipinski definition) is 5. The number of amides is 1. The van der Waals surface area contributed by atoms with E-state index in [1.807, 2.05) is 31.2 Å². The first-order valence-electron chi connectivity index (χ1n) is 8.00. The first-order chi connectivity index (χ1) is 12.5. The van der Waals surface area contributed by atoms with Crippen molar-refractivity contribution in [2.75, 3.05) is 13.7 Å². The fraction of sp³-hybridized carbons (Fsp3) is 0.211. The number of benzene rings is 2. The Balaban J connectivity index is 1.63. The lowest BCUT2D eigenvalue weighted by Crippen LogP contribution is -2.33. The van der Waals surface area contributed by atoms with E-state index in [2.05, 4.69) is 4.98 Å². The average molecular weight is 372 g/mol. The molecule has 0 unspecified atom stereocenters. The summed E-state index contributed by atoms with van der Waals surface area (Å²) in [6, 6.07) is 13.0. The van der Waals surface area contributed by atoms with Crippen molar-refractivity contribution in [1.29, 1.82) is 0 Å². The average Bonchev–Trinajstić information content (AvgIpc) is 3.09. The lowest BCUT2D eigenvalue weighted by atomic mass is 10.2. The number of esters is 1. The summed E-state index contributed by atoms with van der Waals surface area (Å²) in [4.78, 5) is 30.2. The van der Waals surface area contributed by atoms with Gasteiger partial charge in [-0.15, -0.1) is 11.3 Å². The molecule has 2 aromatic carbocycles. The van der Waals surface area contributed by atoms with Crippen LogP contribution in [0.3, 0.4) is 0 Å². The third-order valence-electron chi connectivity index (χ3n) is 4.06. The van der Waals surface area contributed by atoms with E-state index >= 15 is 0 Å². The third-order valence-corrected chi connectivity index (χ3v) is 5.27. The Morgan fingerprint density at radius 2 is 1.88 bits per heavy atom. The number of fused-ring (bicyclic) bond motifs is 1. The first kappa shape index (κ1) is 18.0. The third kappa shape index (κ3) is 3.72. The van der Waals surface area contributed by atoms with Crippen LogP contribution in [0, 0.1) is 5.82 Å². The van der Waals surface area contributed by atoms with Gasteiger partial charge in [0, 0.05) is 7.05 Å². The molecule has 1 amide bonds. The van der Waals surface area contributed by atoms with Gasteiger partial charge in [0.05, 0.1) is 21.8 Å². The topological polar surface area (TPSA) is 59.5 Å². The highest BCUT2D eigenvalue weighted by Gasteiger charge is 2.22. The molecule has 26 heavy (non-hydrogen) atoms. The summed E-state index contributed by atoms with van der Waals surface area (Å²) in [5.41, 5.74) is 0.688. The Labute approximate surface area is 154 Å². The summed E-state index contributed by atoms with van der Waals surface area (Å²) in [6.07, 6.45) is 0. The molecule has 1 atom stereocenters.